The van der Waals surface area contributed by atoms with Gasteiger partial charge in [-0.05, 0) is 63.4 Å². The molecule has 0 saturated heterocycles. The lowest BCUT2D eigenvalue weighted by molar-refractivity contribution is 0.307. The Morgan fingerprint density at radius 1 is 1.24 bits per heavy atom. The maximum Gasteiger partial charge on any atom is 0.00966 e. The zero-order chi connectivity index (χ0) is 12.9. The molecule has 17 heavy (non-hydrogen) atoms. The van der Waals surface area contributed by atoms with Gasteiger partial charge in [0.05, 0.1) is 0 Å². The molecule has 2 atom stereocenters. The van der Waals surface area contributed by atoms with Crippen LogP contribution in [0.5, 0.6) is 0 Å². The van der Waals surface area contributed by atoms with Crippen molar-refractivity contribution in [3.05, 3.63) is 22.4 Å². The molecule has 0 bridgehead atoms. The molecule has 0 saturated carbocycles. The number of aryl methyl sites for hydroxylation is 1. The first-order chi connectivity index (χ1) is 7.88. The van der Waals surface area contributed by atoms with Gasteiger partial charge in [-0.3, -0.25) is 0 Å². The summed E-state index contributed by atoms with van der Waals surface area (Å²) in [7, 11) is 0. The molecule has 0 aliphatic heterocycles. The second-order valence-electron chi connectivity index (χ2n) is 6.20. The number of rotatable bonds is 6. The van der Waals surface area contributed by atoms with Crippen molar-refractivity contribution in [2.75, 3.05) is 6.54 Å². The normalized spacial score (nSPS) is 15.8. The van der Waals surface area contributed by atoms with Crippen LogP contribution in [0.2, 0.25) is 0 Å². The zero-order valence-electron chi connectivity index (χ0n) is 11.9. The fourth-order valence-electron chi connectivity index (χ4n) is 1.78. The monoisotopic (exact) mass is 253 g/mol. The molecule has 0 radical (unpaired) electrons. The van der Waals surface area contributed by atoms with Crippen LogP contribution in [0, 0.1) is 11.8 Å². The van der Waals surface area contributed by atoms with Crippen molar-refractivity contribution in [3.63, 3.8) is 0 Å². The van der Waals surface area contributed by atoms with Gasteiger partial charge in [0.25, 0.3) is 0 Å². The number of nitrogens with one attached hydrogen (secondary N) is 1. The van der Waals surface area contributed by atoms with E-state index in [0.29, 0.717) is 0 Å². The van der Waals surface area contributed by atoms with Gasteiger partial charge in [0.15, 0.2) is 0 Å². The molecule has 0 amide bonds. The highest BCUT2D eigenvalue weighted by Gasteiger charge is 2.15. The Morgan fingerprint density at radius 2 is 1.94 bits per heavy atom. The molecule has 1 nitrogen and oxygen atoms in total. The van der Waals surface area contributed by atoms with E-state index in [1.165, 1.54) is 17.7 Å². The van der Waals surface area contributed by atoms with Gasteiger partial charge in [-0.2, -0.15) is 0 Å². The topological polar surface area (TPSA) is 12.0 Å². The fourth-order valence-corrected chi connectivity index (χ4v) is 2.50. The first kappa shape index (κ1) is 14.7. The van der Waals surface area contributed by atoms with Crippen molar-refractivity contribution < 1.29 is 0 Å². The lowest BCUT2D eigenvalue weighted by Crippen LogP contribution is -2.39. The van der Waals surface area contributed by atoms with Crippen molar-refractivity contribution in [1.82, 2.24) is 5.32 Å². The maximum atomic E-state index is 3.60. The molecule has 1 N–H and O–H groups in total. The summed E-state index contributed by atoms with van der Waals surface area (Å²) in [5.74, 6) is 1.53. The Hall–Kier alpha value is -0.340. The van der Waals surface area contributed by atoms with Crippen LogP contribution in [0.25, 0.3) is 0 Å². The summed E-state index contributed by atoms with van der Waals surface area (Å²) in [6.45, 7) is 12.6. The summed E-state index contributed by atoms with van der Waals surface area (Å²) in [5.41, 5.74) is 0.238. The van der Waals surface area contributed by atoms with E-state index >= 15 is 0 Å². The van der Waals surface area contributed by atoms with E-state index in [2.05, 4.69) is 57.4 Å². The van der Waals surface area contributed by atoms with Gasteiger partial charge in [-0.15, -0.1) is 11.3 Å². The molecule has 2 heteroatoms. The molecule has 0 aromatic carbocycles. The van der Waals surface area contributed by atoms with E-state index in [9.17, 15) is 0 Å². The summed E-state index contributed by atoms with van der Waals surface area (Å²) >= 11 is 1.88. The van der Waals surface area contributed by atoms with Gasteiger partial charge < -0.3 is 5.32 Å². The number of hydrogen-bond acceptors (Lipinski definition) is 2. The molecule has 1 rings (SSSR count). The Labute approximate surface area is 111 Å². The molecule has 0 spiro atoms. The predicted octanol–water partition coefficient (Wildman–Crippen LogP) is 4.34. The summed E-state index contributed by atoms with van der Waals surface area (Å²) in [5, 5.41) is 5.77. The van der Waals surface area contributed by atoms with Crippen molar-refractivity contribution in [1.29, 1.82) is 0 Å². The van der Waals surface area contributed by atoms with Crippen LogP contribution in [0.1, 0.15) is 45.9 Å². The van der Waals surface area contributed by atoms with Crippen molar-refractivity contribution >= 4 is 11.3 Å². The van der Waals surface area contributed by atoms with E-state index in [1.807, 2.05) is 11.3 Å². The molecule has 0 aliphatic carbocycles. The summed E-state index contributed by atoms with van der Waals surface area (Å²) in [6, 6.07) is 4.39. The van der Waals surface area contributed by atoms with Crippen LogP contribution in [0.3, 0.4) is 0 Å². The summed E-state index contributed by atoms with van der Waals surface area (Å²) in [4.78, 5) is 1.52. The number of thiophene rings is 1. The van der Waals surface area contributed by atoms with Crippen LogP contribution in [-0.4, -0.2) is 12.1 Å². The van der Waals surface area contributed by atoms with Gasteiger partial charge >= 0.3 is 0 Å². The molecule has 0 aliphatic rings. The first-order valence-corrected chi connectivity index (χ1v) is 7.54. The maximum absolute atomic E-state index is 3.60. The van der Waals surface area contributed by atoms with Gasteiger partial charge in [-0.1, -0.05) is 19.9 Å². The minimum atomic E-state index is 0.238. The van der Waals surface area contributed by atoms with Crippen LogP contribution in [-0.2, 0) is 6.42 Å². The largest absolute Gasteiger partial charge is 0.312 e. The highest BCUT2D eigenvalue weighted by Crippen LogP contribution is 2.20. The number of hydrogen-bond donors (Lipinski definition) is 1. The van der Waals surface area contributed by atoms with E-state index < -0.39 is 0 Å². The summed E-state index contributed by atoms with van der Waals surface area (Å²) in [6.07, 6.45) is 2.53. The molecule has 1 aromatic rings. The third kappa shape index (κ3) is 6.23. The van der Waals surface area contributed by atoms with E-state index in [1.54, 1.807) is 0 Å². The molecule has 1 aromatic heterocycles. The second kappa shape index (κ2) is 6.55. The van der Waals surface area contributed by atoms with Crippen molar-refractivity contribution in [2.45, 2.75) is 53.0 Å². The van der Waals surface area contributed by atoms with Gasteiger partial charge in [0, 0.05) is 10.4 Å². The Bertz CT molecular complexity index is 297. The third-order valence-corrected chi connectivity index (χ3v) is 4.29. The molecule has 2 unspecified atom stereocenters. The minimum absolute atomic E-state index is 0.238. The van der Waals surface area contributed by atoms with Crippen LogP contribution < -0.4 is 5.32 Å². The lowest BCUT2D eigenvalue weighted by Gasteiger charge is -2.26. The molecule has 0 fully saturated rings. The standard InChI is InChI=1S/C15H27NS/c1-12(8-9-14-7-6-10-17-14)13(2)11-16-15(3,4)5/h6-7,10,12-13,16H,8-9,11H2,1-5H3. The molecule has 1 heterocycles. The fraction of sp³-hybridized carbons (Fsp3) is 0.733. The van der Waals surface area contributed by atoms with E-state index in [4.69, 9.17) is 0 Å². The third-order valence-electron chi connectivity index (χ3n) is 3.35. The SMILES string of the molecule is CC(CCc1cccs1)C(C)CNC(C)(C)C. The van der Waals surface area contributed by atoms with Crippen LogP contribution in [0.4, 0.5) is 0 Å². The first-order valence-electron chi connectivity index (χ1n) is 6.66. The van der Waals surface area contributed by atoms with Gasteiger partial charge in [0.2, 0.25) is 0 Å². The zero-order valence-corrected chi connectivity index (χ0v) is 12.7. The Balaban J connectivity index is 2.24. The average molecular weight is 253 g/mol. The average Bonchev–Trinajstić information content (AvgIpc) is 2.74. The molecular formula is C15H27NS. The summed E-state index contributed by atoms with van der Waals surface area (Å²) < 4.78 is 0. The smallest absolute Gasteiger partial charge is 0.00966 e. The quantitative estimate of drug-likeness (QED) is 0.795. The highest BCUT2D eigenvalue weighted by molar-refractivity contribution is 7.09. The van der Waals surface area contributed by atoms with Crippen molar-refractivity contribution in [3.8, 4) is 0 Å². The molecular weight excluding hydrogens is 226 g/mol. The predicted molar refractivity (Wildman–Crippen MR) is 78.7 cm³/mol. The van der Waals surface area contributed by atoms with Gasteiger partial charge in [-0.25, -0.2) is 0 Å². The van der Waals surface area contributed by atoms with E-state index in [-0.39, 0.29) is 5.54 Å². The van der Waals surface area contributed by atoms with Crippen molar-refractivity contribution in [2.24, 2.45) is 11.8 Å². The second-order valence-corrected chi connectivity index (χ2v) is 7.24. The minimum Gasteiger partial charge on any atom is -0.312 e. The highest BCUT2D eigenvalue weighted by atomic mass is 32.1. The Morgan fingerprint density at radius 3 is 2.47 bits per heavy atom. The van der Waals surface area contributed by atoms with Crippen LogP contribution in [0.15, 0.2) is 17.5 Å². The van der Waals surface area contributed by atoms with Crippen LogP contribution >= 0.6 is 11.3 Å². The molecule has 98 valence electrons. The Kier molecular flexibility index (Phi) is 5.68. The van der Waals surface area contributed by atoms with Gasteiger partial charge in [0.1, 0.15) is 0 Å². The lowest BCUT2D eigenvalue weighted by atomic mass is 9.90. The van der Waals surface area contributed by atoms with E-state index in [0.717, 1.165) is 18.4 Å².